The number of benzene rings is 2. The molecule has 1 aliphatic carbocycles. The molecule has 2 amide bonds. The van der Waals surface area contributed by atoms with Crippen molar-refractivity contribution in [2.45, 2.75) is 25.8 Å². The number of aryl methyl sites for hydroxylation is 2. The Morgan fingerprint density at radius 2 is 1.88 bits per heavy atom. The molecule has 0 saturated heterocycles. The maximum absolute atomic E-state index is 12.4. The van der Waals surface area contributed by atoms with Gasteiger partial charge in [0.1, 0.15) is 11.5 Å². The van der Waals surface area contributed by atoms with Crippen LogP contribution in [0.4, 0.5) is 10.5 Å². The summed E-state index contributed by atoms with van der Waals surface area (Å²) in [6.45, 7) is 0.228. The molecule has 2 N–H and O–H groups in total. The number of nitrogens with zero attached hydrogens (tertiary/aromatic N) is 1. The molecule has 0 radical (unpaired) electrons. The van der Waals surface area contributed by atoms with Crippen molar-refractivity contribution in [2.24, 2.45) is 0 Å². The quantitative estimate of drug-likeness (QED) is 0.509. The van der Waals surface area contributed by atoms with E-state index in [2.05, 4.69) is 32.5 Å². The van der Waals surface area contributed by atoms with Crippen LogP contribution in [0.2, 0.25) is 0 Å². The highest BCUT2D eigenvalue weighted by molar-refractivity contribution is 6.02. The van der Waals surface area contributed by atoms with Crippen LogP contribution in [0, 0.1) is 0 Å². The van der Waals surface area contributed by atoms with E-state index < -0.39 is 6.09 Å². The molecule has 7 nitrogen and oxygen atoms in total. The molecule has 0 unspecified atom stereocenters. The van der Waals surface area contributed by atoms with Gasteiger partial charge in [-0.15, -0.1) is 0 Å². The van der Waals surface area contributed by atoms with Crippen molar-refractivity contribution in [1.82, 2.24) is 10.3 Å². The molecule has 33 heavy (non-hydrogen) atoms. The van der Waals surface area contributed by atoms with Crippen LogP contribution in [0.15, 0.2) is 66.9 Å². The second-order valence-electron chi connectivity index (χ2n) is 7.66. The second kappa shape index (κ2) is 10.5. The van der Waals surface area contributed by atoms with E-state index in [4.69, 9.17) is 4.74 Å². The largest absolute Gasteiger partial charge is 0.457 e. The van der Waals surface area contributed by atoms with Gasteiger partial charge in [-0.1, -0.05) is 18.2 Å². The molecular weight excluding hydrogens is 418 g/mol. The fourth-order valence-corrected chi connectivity index (χ4v) is 3.67. The summed E-state index contributed by atoms with van der Waals surface area (Å²) >= 11 is 0. The zero-order chi connectivity index (χ0) is 23.0. The molecule has 7 heteroatoms. The predicted molar refractivity (Wildman–Crippen MR) is 126 cm³/mol. The maximum Gasteiger partial charge on any atom is 0.407 e. The summed E-state index contributed by atoms with van der Waals surface area (Å²) in [6.07, 6.45) is 7.70. The van der Waals surface area contributed by atoms with Crippen molar-refractivity contribution in [2.75, 3.05) is 12.4 Å². The molecule has 0 fully saturated rings. The molecule has 0 aliphatic heterocycles. The molecule has 0 saturated carbocycles. The van der Waals surface area contributed by atoms with Crippen molar-refractivity contribution >= 4 is 23.8 Å². The number of alkyl carbamates (subject to hydrolysis) is 1. The summed E-state index contributed by atoms with van der Waals surface area (Å²) in [4.78, 5) is 27.8. The van der Waals surface area contributed by atoms with Crippen LogP contribution in [0.1, 0.15) is 28.8 Å². The number of anilines is 1. The van der Waals surface area contributed by atoms with Gasteiger partial charge in [0, 0.05) is 24.0 Å². The number of rotatable bonds is 7. The van der Waals surface area contributed by atoms with Crippen LogP contribution < -0.4 is 15.4 Å². The third kappa shape index (κ3) is 6.20. The molecular formula is C26H25N3O4. The van der Waals surface area contributed by atoms with Gasteiger partial charge < -0.3 is 20.1 Å². The van der Waals surface area contributed by atoms with E-state index in [0.29, 0.717) is 17.2 Å². The minimum atomic E-state index is -0.525. The Kier molecular flexibility index (Phi) is 6.99. The number of aromatic nitrogens is 1. The van der Waals surface area contributed by atoms with Gasteiger partial charge in [0.15, 0.2) is 0 Å². The Hall–Kier alpha value is -4.13. The van der Waals surface area contributed by atoms with Gasteiger partial charge in [-0.2, -0.15) is 0 Å². The Morgan fingerprint density at radius 1 is 1.03 bits per heavy atom. The van der Waals surface area contributed by atoms with Crippen molar-refractivity contribution < 1.29 is 19.1 Å². The molecule has 0 spiro atoms. The monoisotopic (exact) mass is 443 g/mol. The lowest BCUT2D eigenvalue weighted by molar-refractivity contribution is -0.111. The Morgan fingerprint density at radius 3 is 2.76 bits per heavy atom. The van der Waals surface area contributed by atoms with E-state index in [0.717, 1.165) is 24.1 Å². The van der Waals surface area contributed by atoms with Gasteiger partial charge >= 0.3 is 6.09 Å². The van der Waals surface area contributed by atoms with Crippen molar-refractivity contribution in [3.63, 3.8) is 0 Å². The number of pyridine rings is 1. The number of fused-ring (bicyclic) bond motifs is 1. The lowest BCUT2D eigenvalue weighted by Gasteiger charge is -2.08. The third-order valence-corrected chi connectivity index (χ3v) is 5.27. The summed E-state index contributed by atoms with van der Waals surface area (Å²) in [7, 11) is 1.31. The Labute approximate surface area is 192 Å². The van der Waals surface area contributed by atoms with Crippen molar-refractivity contribution in [1.29, 1.82) is 0 Å². The fourth-order valence-electron chi connectivity index (χ4n) is 3.67. The van der Waals surface area contributed by atoms with Gasteiger partial charge in [0.25, 0.3) is 0 Å². The molecule has 1 aromatic heterocycles. The van der Waals surface area contributed by atoms with Crippen LogP contribution in [0.25, 0.3) is 6.08 Å². The number of hydrogen-bond donors (Lipinski definition) is 2. The number of carbonyl (C=O) groups excluding carboxylic acids is 2. The highest BCUT2D eigenvalue weighted by atomic mass is 16.5. The van der Waals surface area contributed by atoms with Crippen molar-refractivity contribution in [3.05, 3.63) is 89.3 Å². The van der Waals surface area contributed by atoms with Crippen LogP contribution in [-0.2, 0) is 28.9 Å². The van der Waals surface area contributed by atoms with Crippen LogP contribution in [-0.4, -0.2) is 24.1 Å². The minimum absolute atomic E-state index is 0.184. The lowest BCUT2D eigenvalue weighted by Crippen LogP contribution is -2.22. The third-order valence-electron chi connectivity index (χ3n) is 5.27. The van der Waals surface area contributed by atoms with Crippen molar-refractivity contribution in [3.8, 4) is 11.5 Å². The smallest absolute Gasteiger partial charge is 0.407 e. The first-order valence-electron chi connectivity index (χ1n) is 10.7. The number of ether oxygens (including phenoxy) is 2. The highest BCUT2D eigenvalue weighted by Gasteiger charge is 2.11. The van der Waals surface area contributed by atoms with Gasteiger partial charge in [-0.05, 0) is 72.4 Å². The number of nitrogens with one attached hydrogen (secondary N) is 2. The normalized spacial score (nSPS) is 12.3. The SMILES string of the molecule is COC(=O)NCc1cc(Oc2cccc(/C=C/C(=O)Nc3ccc4c(c3)CCC4)c2)ccn1. The Bertz CT molecular complexity index is 1190. The fraction of sp³-hybridized carbons (Fsp3) is 0.192. The number of amides is 2. The minimum Gasteiger partial charge on any atom is -0.457 e. The summed E-state index contributed by atoms with van der Waals surface area (Å²) < 4.78 is 10.5. The zero-order valence-electron chi connectivity index (χ0n) is 18.3. The molecule has 4 rings (SSSR count). The van der Waals surface area contributed by atoms with Gasteiger partial charge in [0.2, 0.25) is 5.91 Å². The molecule has 1 aliphatic rings. The summed E-state index contributed by atoms with van der Waals surface area (Å²) in [5, 5.41) is 5.50. The Balaban J connectivity index is 1.36. The van der Waals surface area contributed by atoms with E-state index in [1.54, 1.807) is 24.4 Å². The molecule has 0 bridgehead atoms. The summed E-state index contributed by atoms with van der Waals surface area (Å²) in [5.41, 5.74) is 4.98. The molecule has 3 aromatic rings. The first-order valence-corrected chi connectivity index (χ1v) is 10.7. The predicted octanol–water partition coefficient (Wildman–Crippen LogP) is 4.87. The summed E-state index contributed by atoms with van der Waals surface area (Å²) in [5.74, 6) is 1.02. The molecule has 2 aromatic carbocycles. The standard InChI is InChI=1S/C26H25N3O4/c1-32-26(31)28-17-22-16-24(12-13-27-22)33-23-7-2-4-18(14-23)8-11-25(30)29-21-10-9-19-5-3-6-20(19)15-21/h2,4,7-16H,3,5-6,17H2,1H3,(H,28,31)(H,29,30)/b11-8+. The van der Waals surface area contributed by atoms with E-state index in [1.165, 1.54) is 30.7 Å². The zero-order valence-corrected chi connectivity index (χ0v) is 18.3. The molecule has 168 valence electrons. The van der Waals surface area contributed by atoms with Crippen LogP contribution in [0.5, 0.6) is 11.5 Å². The number of methoxy groups -OCH3 is 1. The molecule has 0 atom stereocenters. The maximum atomic E-state index is 12.4. The van der Waals surface area contributed by atoms with E-state index >= 15 is 0 Å². The lowest BCUT2D eigenvalue weighted by atomic mass is 10.1. The first-order chi connectivity index (χ1) is 16.1. The number of carbonyl (C=O) groups is 2. The van der Waals surface area contributed by atoms with Gasteiger partial charge in [0.05, 0.1) is 19.3 Å². The average Bonchev–Trinajstić information content (AvgIpc) is 3.30. The topological polar surface area (TPSA) is 89.5 Å². The second-order valence-corrected chi connectivity index (χ2v) is 7.66. The highest BCUT2D eigenvalue weighted by Crippen LogP contribution is 2.25. The van der Waals surface area contributed by atoms with E-state index in [-0.39, 0.29) is 12.5 Å². The average molecular weight is 444 g/mol. The van der Waals surface area contributed by atoms with Crippen LogP contribution >= 0.6 is 0 Å². The van der Waals surface area contributed by atoms with Crippen LogP contribution in [0.3, 0.4) is 0 Å². The first kappa shape index (κ1) is 22.1. The van der Waals surface area contributed by atoms with E-state index in [9.17, 15) is 9.59 Å². The summed E-state index contributed by atoms with van der Waals surface area (Å²) in [6, 6.07) is 17.0. The number of hydrogen-bond acceptors (Lipinski definition) is 5. The van der Waals surface area contributed by atoms with E-state index in [1.807, 2.05) is 30.3 Å². The van der Waals surface area contributed by atoms with Gasteiger partial charge in [-0.3, -0.25) is 9.78 Å². The molecule has 1 heterocycles. The van der Waals surface area contributed by atoms with Gasteiger partial charge in [-0.25, -0.2) is 4.79 Å².